The van der Waals surface area contributed by atoms with Crippen molar-refractivity contribution >= 4 is 34.6 Å². The Bertz CT molecular complexity index is 1200. The molecule has 0 atom stereocenters. The monoisotopic (exact) mass is 440 g/mol. The summed E-state index contributed by atoms with van der Waals surface area (Å²) in [5.74, 6) is 3.20. The first-order valence-corrected chi connectivity index (χ1v) is 9.79. The molecule has 31 heavy (non-hydrogen) atoms. The smallest absolute Gasteiger partial charge is 0.289 e. The van der Waals surface area contributed by atoms with Crippen molar-refractivity contribution in [2.45, 2.75) is 19.8 Å². The molecular weight excluding hydrogens is 420 g/mol. The van der Waals surface area contributed by atoms with Crippen molar-refractivity contribution in [2.24, 2.45) is 21.9 Å². The van der Waals surface area contributed by atoms with Crippen LogP contribution in [0.15, 0.2) is 52.9 Å². The maximum atomic E-state index is 12.8. The lowest BCUT2D eigenvalue weighted by Gasteiger charge is -2.10. The van der Waals surface area contributed by atoms with E-state index in [2.05, 4.69) is 10.3 Å². The number of fused-ring (bicyclic) bond motifs is 1. The molecular formula is C21H21ClN6O3. The number of Topliss-reactive ketones (excluding diaryl/α,β-unsaturated/α-hetero) is 1. The molecule has 0 saturated heterocycles. The Kier molecular flexibility index (Phi) is 6.66. The van der Waals surface area contributed by atoms with E-state index in [1.807, 2.05) is 25.1 Å². The number of carbonyl (C=O) groups is 2. The van der Waals surface area contributed by atoms with Crippen molar-refractivity contribution in [3.63, 3.8) is 0 Å². The molecule has 160 valence electrons. The maximum absolute atomic E-state index is 12.8. The van der Waals surface area contributed by atoms with Crippen LogP contribution < -0.4 is 16.3 Å². The number of hydrogen-bond acceptors (Lipinski definition) is 5. The van der Waals surface area contributed by atoms with Crippen molar-refractivity contribution in [3.05, 3.63) is 70.0 Å². The molecule has 0 aliphatic rings. The number of amidine groups is 1. The minimum Gasteiger partial charge on any atom is -0.483 e. The number of halogens is 1. The number of ether oxygens (including phenoxy) is 1. The summed E-state index contributed by atoms with van der Waals surface area (Å²) in [6, 6.07) is 10.8. The molecule has 3 aromatic rings. The van der Waals surface area contributed by atoms with Gasteiger partial charge in [-0.3, -0.25) is 15.0 Å². The van der Waals surface area contributed by atoms with Gasteiger partial charge in [0.05, 0.1) is 11.1 Å². The van der Waals surface area contributed by atoms with Crippen molar-refractivity contribution in [3.8, 4) is 5.75 Å². The number of primary amides is 1. The van der Waals surface area contributed by atoms with Gasteiger partial charge in [-0.15, -0.1) is 5.11 Å². The molecule has 10 heteroatoms. The average Bonchev–Trinajstić information content (AvgIpc) is 3.05. The number of nitrogens with zero attached hydrogens (tertiary/aromatic N) is 3. The zero-order valence-electron chi connectivity index (χ0n) is 16.8. The Morgan fingerprint density at radius 2 is 2.03 bits per heavy atom. The second kappa shape index (κ2) is 9.40. The van der Waals surface area contributed by atoms with Crippen molar-refractivity contribution in [1.82, 2.24) is 4.40 Å². The van der Waals surface area contributed by atoms with E-state index >= 15 is 0 Å². The highest BCUT2D eigenvalue weighted by atomic mass is 35.5. The van der Waals surface area contributed by atoms with E-state index < -0.39 is 11.7 Å². The van der Waals surface area contributed by atoms with Gasteiger partial charge in [0.25, 0.3) is 11.7 Å². The molecule has 2 aromatic heterocycles. The Morgan fingerprint density at radius 1 is 1.26 bits per heavy atom. The Labute approximate surface area is 183 Å². The fraction of sp³-hybridized carbons (Fsp3) is 0.190. The minimum absolute atomic E-state index is 0.189. The first kappa shape index (κ1) is 22.0. The minimum atomic E-state index is -1.06. The molecule has 0 unspecified atom stereocenters. The maximum Gasteiger partial charge on any atom is 0.289 e. The number of amides is 1. The highest BCUT2D eigenvalue weighted by molar-refractivity contribution is 6.44. The predicted octanol–water partition coefficient (Wildman–Crippen LogP) is 3.10. The van der Waals surface area contributed by atoms with E-state index in [9.17, 15) is 9.59 Å². The summed E-state index contributed by atoms with van der Waals surface area (Å²) in [4.78, 5) is 24.6. The van der Waals surface area contributed by atoms with Crippen molar-refractivity contribution in [1.29, 1.82) is 5.41 Å². The standard InChI is InChI=1S/C21H21ClN6O3/c1-2-14-15(10-12-5-3-6-13(22)9-12)28-8-4-7-16(31-11-17(23)26-27-25)19(28)18(14)20(29)21(24)30/h3-9H,2,10-11H2,1H3,(H2,24,30)(H3,23,25,26). The molecule has 0 radical (unpaired) electrons. The van der Waals surface area contributed by atoms with Gasteiger partial charge in [0, 0.05) is 23.3 Å². The molecule has 0 spiro atoms. The topological polar surface area (TPSA) is 148 Å². The zero-order valence-corrected chi connectivity index (χ0v) is 17.5. The van der Waals surface area contributed by atoms with Crippen LogP contribution in [-0.4, -0.2) is 28.5 Å². The summed E-state index contributed by atoms with van der Waals surface area (Å²) in [6.07, 6.45) is 2.74. The largest absolute Gasteiger partial charge is 0.483 e. The molecule has 0 saturated carbocycles. The molecule has 0 fully saturated rings. The van der Waals surface area contributed by atoms with Crippen LogP contribution in [0.4, 0.5) is 0 Å². The molecule has 9 nitrogen and oxygen atoms in total. The number of pyridine rings is 1. The highest BCUT2D eigenvalue weighted by Crippen LogP contribution is 2.33. The lowest BCUT2D eigenvalue weighted by Crippen LogP contribution is -2.24. The van der Waals surface area contributed by atoms with Crippen LogP contribution in [-0.2, 0) is 17.6 Å². The van der Waals surface area contributed by atoms with E-state index in [0.29, 0.717) is 34.7 Å². The Hall–Kier alpha value is -3.72. The van der Waals surface area contributed by atoms with Gasteiger partial charge in [-0.05, 0) is 41.8 Å². The van der Waals surface area contributed by atoms with Gasteiger partial charge in [-0.25, -0.2) is 0 Å². The average molecular weight is 441 g/mol. The fourth-order valence-corrected chi connectivity index (χ4v) is 3.74. The summed E-state index contributed by atoms with van der Waals surface area (Å²) in [5, 5.41) is 14.7. The van der Waals surface area contributed by atoms with Gasteiger partial charge >= 0.3 is 0 Å². The molecule has 0 aliphatic carbocycles. The molecule has 1 aromatic carbocycles. The summed E-state index contributed by atoms with van der Waals surface area (Å²) in [7, 11) is 0. The molecule has 1 amide bonds. The van der Waals surface area contributed by atoms with Gasteiger partial charge in [0.15, 0.2) is 5.84 Å². The summed E-state index contributed by atoms with van der Waals surface area (Å²) >= 11 is 6.13. The second-order valence-electron chi connectivity index (χ2n) is 6.70. The lowest BCUT2D eigenvalue weighted by atomic mass is 9.99. The summed E-state index contributed by atoms with van der Waals surface area (Å²) in [6.45, 7) is 1.67. The SMILES string of the molecule is CCc1c(C(=O)C(N)=O)c2c(OCC(=N)N=NN)cccn2c1Cc1cccc(Cl)c1. The van der Waals surface area contributed by atoms with Crippen molar-refractivity contribution in [2.75, 3.05) is 6.61 Å². The zero-order chi connectivity index (χ0) is 22.5. The van der Waals surface area contributed by atoms with Crippen LogP contribution in [0.1, 0.15) is 34.1 Å². The van der Waals surface area contributed by atoms with Crippen LogP contribution in [0.2, 0.25) is 5.02 Å². The van der Waals surface area contributed by atoms with Crippen LogP contribution in [0.25, 0.3) is 5.52 Å². The third-order valence-corrected chi connectivity index (χ3v) is 4.98. The van der Waals surface area contributed by atoms with E-state index in [-0.39, 0.29) is 18.0 Å². The van der Waals surface area contributed by atoms with Crippen molar-refractivity contribution < 1.29 is 14.3 Å². The Morgan fingerprint density at radius 3 is 2.68 bits per heavy atom. The third kappa shape index (κ3) is 4.56. The van der Waals surface area contributed by atoms with Gasteiger partial charge in [-0.2, -0.15) is 0 Å². The number of carbonyl (C=O) groups excluding carboxylic acids is 2. The van der Waals surface area contributed by atoms with Gasteiger partial charge < -0.3 is 20.7 Å². The van der Waals surface area contributed by atoms with Crippen LogP contribution >= 0.6 is 11.6 Å². The highest BCUT2D eigenvalue weighted by Gasteiger charge is 2.27. The quantitative estimate of drug-likeness (QED) is 0.0937. The van der Waals surface area contributed by atoms with E-state index in [1.165, 1.54) is 0 Å². The van der Waals surface area contributed by atoms with E-state index in [1.54, 1.807) is 28.8 Å². The number of nitrogens with two attached hydrogens (primary N) is 2. The fourth-order valence-electron chi connectivity index (χ4n) is 3.53. The number of nitrogens with one attached hydrogen (secondary N) is 1. The number of rotatable bonds is 8. The molecule has 5 N–H and O–H groups in total. The van der Waals surface area contributed by atoms with Crippen LogP contribution in [0, 0.1) is 5.41 Å². The molecule has 2 heterocycles. The number of benzene rings is 1. The first-order chi connectivity index (χ1) is 14.9. The molecule has 0 bridgehead atoms. The molecule has 3 rings (SSSR count). The number of hydrogen-bond donors (Lipinski definition) is 3. The first-order valence-electron chi connectivity index (χ1n) is 9.41. The lowest BCUT2D eigenvalue weighted by molar-refractivity contribution is -0.114. The molecule has 0 aliphatic heterocycles. The summed E-state index contributed by atoms with van der Waals surface area (Å²) in [5.41, 5.74) is 8.38. The summed E-state index contributed by atoms with van der Waals surface area (Å²) < 4.78 is 7.51. The van der Waals surface area contributed by atoms with Gasteiger partial charge in [0.2, 0.25) is 0 Å². The number of aromatic nitrogens is 1. The number of ketones is 1. The van der Waals surface area contributed by atoms with Crippen LogP contribution in [0.5, 0.6) is 5.75 Å². The Balaban J connectivity index is 2.21. The van der Waals surface area contributed by atoms with E-state index in [4.69, 9.17) is 33.3 Å². The normalized spacial score (nSPS) is 11.2. The second-order valence-corrected chi connectivity index (χ2v) is 7.13. The van der Waals surface area contributed by atoms with Gasteiger partial charge in [0.1, 0.15) is 12.4 Å². The predicted molar refractivity (Wildman–Crippen MR) is 117 cm³/mol. The third-order valence-electron chi connectivity index (χ3n) is 4.74. The van der Waals surface area contributed by atoms with Crippen LogP contribution in [0.3, 0.4) is 0 Å². The van der Waals surface area contributed by atoms with Gasteiger partial charge in [-0.1, -0.05) is 35.9 Å². The van der Waals surface area contributed by atoms with E-state index in [0.717, 1.165) is 11.3 Å².